The molecule has 4 heteroatoms. The fraction of sp³-hybridized carbons (Fsp3) is 0.500. The van der Waals surface area contributed by atoms with Crippen molar-refractivity contribution in [2.24, 2.45) is 0 Å². The summed E-state index contributed by atoms with van der Waals surface area (Å²) >= 11 is 0. The minimum Gasteiger partial charge on any atom is -0.397 e. The third kappa shape index (κ3) is 2.57. The third-order valence-electron chi connectivity index (χ3n) is 3.54. The van der Waals surface area contributed by atoms with Crippen molar-refractivity contribution in [2.75, 3.05) is 36.8 Å². The quantitative estimate of drug-likeness (QED) is 0.804. The van der Waals surface area contributed by atoms with E-state index < -0.39 is 0 Å². The van der Waals surface area contributed by atoms with Crippen molar-refractivity contribution >= 4 is 11.4 Å². The summed E-state index contributed by atoms with van der Waals surface area (Å²) in [6, 6.07) is 8.24. The van der Waals surface area contributed by atoms with Crippen LogP contribution in [0.4, 0.5) is 11.4 Å². The number of hydrogen-bond acceptors (Lipinski definition) is 4. The Labute approximate surface area is 109 Å². The molecule has 1 aromatic rings. The van der Waals surface area contributed by atoms with Crippen LogP contribution in [0, 0.1) is 11.3 Å². The summed E-state index contributed by atoms with van der Waals surface area (Å²) in [5.41, 5.74) is 8.43. The number of benzene rings is 1. The molecule has 4 nitrogen and oxygen atoms in total. The average molecular weight is 244 g/mol. The lowest BCUT2D eigenvalue weighted by Gasteiger charge is -2.38. The van der Waals surface area contributed by atoms with Crippen LogP contribution in [0.15, 0.2) is 18.2 Å². The molecule has 0 atom stereocenters. The first kappa shape index (κ1) is 12.7. The molecular formula is C14H20N4. The van der Waals surface area contributed by atoms with Crippen LogP contribution in [-0.2, 0) is 0 Å². The summed E-state index contributed by atoms with van der Waals surface area (Å²) in [6.07, 6.45) is 0. The molecule has 1 aliphatic rings. The van der Waals surface area contributed by atoms with Crippen LogP contribution in [0.5, 0.6) is 0 Å². The second kappa shape index (κ2) is 5.28. The molecule has 0 spiro atoms. The van der Waals surface area contributed by atoms with E-state index in [-0.39, 0.29) is 0 Å². The van der Waals surface area contributed by atoms with E-state index in [4.69, 9.17) is 11.0 Å². The second-order valence-corrected chi connectivity index (χ2v) is 5.00. The molecule has 0 amide bonds. The van der Waals surface area contributed by atoms with Gasteiger partial charge in [-0.3, -0.25) is 4.90 Å². The van der Waals surface area contributed by atoms with Crippen LogP contribution in [0.1, 0.15) is 19.4 Å². The van der Waals surface area contributed by atoms with Crippen molar-refractivity contribution in [1.29, 1.82) is 5.26 Å². The topological polar surface area (TPSA) is 56.3 Å². The molecule has 1 fully saturated rings. The van der Waals surface area contributed by atoms with Gasteiger partial charge in [-0.2, -0.15) is 5.26 Å². The largest absolute Gasteiger partial charge is 0.397 e. The summed E-state index contributed by atoms with van der Waals surface area (Å²) in [4.78, 5) is 4.73. The molecular weight excluding hydrogens is 224 g/mol. The molecule has 96 valence electrons. The van der Waals surface area contributed by atoms with Crippen molar-refractivity contribution in [1.82, 2.24) is 4.90 Å². The highest BCUT2D eigenvalue weighted by Gasteiger charge is 2.20. The minimum atomic E-state index is 0.593. The van der Waals surface area contributed by atoms with Gasteiger partial charge in [0.2, 0.25) is 0 Å². The number of anilines is 2. The zero-order chi connectivity index (χ0) is 13.1. The number of piperazine rings is 1. The Morgan fingerprint density at radius 3 is 2.44 bits per heavy atom. The van der Waals surface area contributed by atoms with Gasteiger partial charge in [0.05, 0.1) is 23.0 Å². The van der Waals surface area contributed by atoms with E-state index in [9.17, 15) is 0 Å². The lowest BCUT2D eigenvalue weighted by molar-refractivity contribution is 0.209. The van der Waals surface area contributed by atoms with Gasteiger partial charge < -0.3 is 10.6 Å². The molecule has 1 aromatic carbocycles. The Kier molecular flexibility index (Phi) is 3.73. The highest BCUT2D eigenvalue weighted by atomic mass is 15.3. The third-order valence-corrected chi connectivity index (χ3v) is 3.54. The number of nitriles is 1. The Balaban J connectivity index is 2.12. The van der Waals surface area contributed by atoms with E-state index in [1.807, 2.05) is 12.1 Å². The van der Waals surface area contributed by atoms with Gasteiger partial charge in [0.15, 0.2) is 0 Å². The van der Waals surface area contributed by atoms with Crippen molar-refractivity contribution < 1.29 is 0 Å². The molecule has 1 heterocycles. The molecule has 2 N–H and O–H groups in total. The smallest absolute Gasteiger partial charge is 0.0992 e. The van der Waals surface area contributed by atoms with Gasteiger partial charge in [-0.15, -0.1) is 0 Å². The van der Waals surface area contributed by atoms with Crippen LogP contribution < -0.4 is 10.6 Å². The molecule has 2 rings (SSSR count). The molecule has 18 heavy (non-hydrogen) atoms. The first-order chi connectivity index (χ1) is 8.61. The highest BCUT2D eigenvalue weighted by molar-refractivity contribution is 5.69. The van der Waals surface area contributed by atoms with Crippen molar-refractivity contribution in [3.63, 3.8) is 0 Å². The van der Waals surface area contributed by atoms with Gasteiger partial charge in [0.25, 0.3) is 0 Å². The molecule has 0 aliphatic carbocycles. The van der Waals surface area contributed by atoms with Gasteiger partial charge in [-0.25, -0.2) is 0 Å². The van der Waals surface area contributed by atoms with Gasteiger partial charge in [0.1, 0.15) is 0 Å². The predicted molar refractivity (Wildman–Crippen MR) is 74.5 cm³/mol. The summed E-state index contributed by atoms with van der Waals surface area (Å²) in [6.45, 7) is 8.48. The van der Waals surface area contributed by atoms with Crippen LogP contribution >= 0.6 is 0 Å². The van der Waals surface area contributed by atoms with E-state index in [1.54, 1.807) is 6.07 Å². The normalized spacial score (nSPS) is 16.9. The second-order valence-electron chi connectivity index (χ2n) is 5.00. The average Bonchev–Trinajstić information content (AvgIpc) is 2.39. The first-order valence-corrected chi connectivity index (χ1v) is 6.40. The van der Waals surface area contributed by atoms with Crippen LogP contribution in [0.25, 0.3) is 0 Å². The maximum absolute atomic E-state index is 8.95. The monoisotopic (exact) mass is 244 g/mol. The number of nitrogen functional groups attached to an aromatic ring is 1. The molecule has 0 bridgehead atoms. The molecule has 0 saturated carbocycles. The van der Waals surface area contributed by atoms with E-state index in [0.29, 0.717) is 11.6 Å². The minimum absolute atomic E-state index is 0.593. The molecule has 0 aromatic heterocycles. The fourth-order valence-corrected chi connectivity index (χ4v) is 2.37. The van der Waals surface area contributed by atoms with Crippen LogP contribution in [-0.4, -0.2) is 37.1 Å². The first-order valence-electron chi connectivity index (χ1n) is 6.40. The summed E-state index contributed by atoms with van der Waals surface area (Å²) in [5.74, 6) is 0. The molecule has 1 saturated heterocycles. The maximum atomic E-state index is 8.95. The molecule has 0 unspecified atom stereocenters. The van der Waals surface area contributed by atoms with Crippen LogP contribution in [0.3, 0.4) is 0 Å². The van der Waals surface area contributed by atoms with Crippen molar-refractivity contribution in [3.8, 4) is 6.07 Å². The van der Waals surface area contributed by atoms with E-state index >= 15 is 0 Å². The van der Waals surface area contributed by atoms with E-state index in [1.165, 1.54) is 0 Å². The Hall–Kier alpha value is -1.73. The number of hydrogen-bond donors (Lipinski definition) is 1. The van der Waals surface area contributed by atoms with Crippen molar-refractivity contribution in [3.05, 3.63) is 23.8 Å². The Bertz CT molecular complexity index is 453. The van der Waals surface area contributed by atoms with Gasteiger partial charge >= 0.3 is 0 Å². The van der Waals surface area contributed by atoms with Gasteiger partial charge in [0, 0.05) is 32.2 Å². The van der Waals surface area contributed by atoms with E-state index in [0.717, 1.165) is 37.6 Å². The zero-order valence-corrected chi connectivity index (χ0v) is 11.1. The number of rotatable bonds is 2. The summed E-state index contributed by atoms with van der Waals surface area (Å²) in [5, 5.41) is 8.95. The molecule has 1 aliphatic heterocycles. The van der Waals surface area contributed by atoms with Gasteiger partial charge in [-0.1, -0.05) is 0 Å². The SMILES string of the molecule is CC(C)N1CCN(c2cc(C#N)ccc2N)CC1. The summed E-state index contributed by atoms with van der Waals surface area (Å²) in [7, 11) is 0. The molecule has 0 radical (unpaired) electrons. The van der Waals surface area contributed by atoms with Gasteiger partial charge in [-0.05, 0) is 32.0 Å². The summed E-state index contributed by atoms with van der Waals surface area (Å²) < 4.78 is 0. The lowest BCUT2D eigenvalue weighted by Crippen LogP contribution is -2.49. The Morgan fingerprint density at radius 2 is 1.89 bits per heavy atom. The Morgan fingerprint density at radius 1 is 1.22 bits per heavy atom. The van der Waals surface area contributed by atoms with Crippen LogP contribution in [0.2, 0.25) is 0 Å². The number of nitrogens with zero attached hydrogens (tertiary/aromatic N) is 3. The highest BCUT2D eigenvalue weighted by Crippen LogP contribution is 2.25. The fourth-order valence-electron chi connectivity index (χ4n) is 2.37. The van der Waals surface area contributed by atoms with Crippen molar-refractivity contribution in [2.45, 2.75) is 19.9 Å². The van der Waals surface area contributed by atoms with E-state index in [2.05, 4.69) is 29.7 Å². The zero-order valence-electron chi connectivity index (χ0n) is 11.1. The number of nitrogens with two attached hydrogens (primary N) is 1. The lowest BCUT2D eigenvalue weighted by atomic mass is 10.1. The maximum Gasteiger partial charge on any atom is 0.0992 e. The predicted octanol–water partition coefficient (Wildman–Crippen LogP) is 1.67. The standard InChI is InChI=1S/C14H20N4/c1-11(2)17-5-7-18(8-6-17)14-9-12(10-15)3-4-13(14)16/h3-4,9,11H,5-8,16H2,1-2H3.